The van der Waals surface area contributed by atoms with Gasteiger partial charge in [0.05, 0.1) is 16.0 Å². The van der Waals surface area contributed by atoms with Crippen LogP contribution in [0.25, 0.3) is 21.3 Å². The van der Waals surface area contributed by atoms with Gasteiger partial charge in [-0.3, -0.25) is 10.1 Å². The number of aromatic nitrogens is 2. The summed E-state index contributed by atoms with van der Waals surface area (Å²) < 4.78 is 14.1. The number of non-ortho nitro benzene ring substituents is 1. The van der Waals surface area contributed by atoms with Gasteiger partial charge in [0.1, 0.15) is 22.3 Å². The van der Waals surface area contributed by atoms with Gasteiger partial charge in [0.15, 0.2) is 0 Å². The molecule has 2 heterocycles. The quantitative estimate of drug-likeness (QED) is 0.269. The first-order valence-electron chi connectivity index (χ1n) is 8.58. The number of halogens is 2. The van der Waals surface area contributed by atoms with E-state index in [0.717, 1.165) is 26.2 Å². The first-order valence-corrected chi connectivity index (χ1v) is 10.2. The fraction of sp³-hybridized carbons (Fsp3) is 0.100. The number of nitro benzene ring substituents is 1. The van der Waals surface area contributed by atoms with Gasteiger partial charge in [0.2, 0.25) is 0 Å². The standard InChI is InChI=1S/C20H14BrFN4O2S/c1-10-17(12-3-5-13(22)6-4-12)18-19(23-11(2)24-20(18)29-10)25-16-9-14(26(27)28)7-8-15(16)21/h3-9H,1-2H3,(H,23,24,25). The molecule has 0 amide bonds. The Morgan fingerprint density at radius 2 is 1.86 bits per heavy atom. The monoisotopic (exact) mass is 472 g/mol. The maximum absolute atomic E-state index is 13.4. The second-order valence-corrected chi connectivity index (χ2v) is 8.44. The number of nitrogens with zero attached hydrogens (tertiary/aromatic N) is 3. The molecule has 0 atom stereocenters. The zero-order valence-electron chi connectivity index (χ0n) is 15.4. The number of thiophene rings is 1. The summed E-state index contributed by atoms with van der Waals surface area (Å²) in [5, 5.41) is 15.2. The molecule has 0 fully saturated rings. The fourth-order valence-electron chi connectivity index (χ4n) is 3.12. The van der Waals surface area contributed by atoms with Gasteiger partial charge < -0.3 is 5.32 Å². The van der Waals surface area contributed by atoms with Crippen molar-refractivity contribution < 1.29 is 9.31 Å². The van der Waals surface area contributed by atoms with E-state index in [-0.39, 0.29) is 11.5 Å². The lowest BCUT2D eigenvalue weighted by Crippen LogP contribution is -2.00. The number of aryl methyl sites for hydroxylation is 2. The van der Waals surface area contributed by atoms with Crippen LogP contribution in [0.5, 0.6) is 0 Å². The van der Waals surface area contributed by atoms with E-state index >= 15 is 0 Å². The third-order valence-electron chi connectivity index (χ3n) is 4.39. The van der Waals surface area contributed by atoms with Crippen molar-refractivity contribution in [3.8, 4) is 11.1 Å². The van der Waals surface area contributed by atoms with Crippen LogP contribution in [0.15, 0.2) is 46.9 Å². The minimum atomic E-state index is -0.447. The minimum Gasteiger partial charge on any atom is -0.338 e. The second kappa shape index (κ2) is 7.49. The zero-order chi connectivity index (χ0) is 20.7. The van der Waals surface area contributed by atoms with Crippen LogP contribution in [-0.2, 0) is 0 Å². The maximum atomic E-state index is 13.4. The van der Waals surface area contributed by atoms with Crippen LogP contribution in [0.4, 0.5) is 21.6 Å². The molecule has 0 aliphatic carbocycles. The molecule has 0 saturated heterocycles. The molecule has 0 spiro atoms. The zero-order valence-corrected chi connectivity index (χ0v) is 17.8. The molecule has 6 nitrogen and oxygen atoms in total. The highest BCUT2D eigenvalue weighted by Gasteiger charge is 2.19. The van der Waals surface area contributed by atoms with Gasteiger partial charge in [-0.05, 0) is 53.5 Å². The van der Waals surface area contributed by atoms with Crippen LogP contribution in [0.1, 0.15) is 10.7 Å². The molecule has 146 valence electrons. The van der Waals surface area contributed by atoms with E-state index in [1.807, 2.05) is 6.92 Å². The van der Waals surface area contributed by atoms with Gasteiger partial charge in [-0.2, -0.15) is 0 Å². The normalized spacial score (nSPS) is 11.0. The average molecular weight is 473 g/mol. The number of hydrogen-bond acceptors (Lipinski definition) is 6. The molecule has 0 unspecified atom stereocenters. The maximum Gasteiger partial charge on any atom is 0.271 e. The van der Waals surface area contributed by atoms with Crippen molar-refractivity contribution >= 4 is 54.7 Å². The lowest BCUT2D eigenvalue weighted by atomic mass is 10.0. The summed E-state index contributed by atoms with van der Waals surface area (Å²) in [5.41, 5.74) is 2.25. The molecule has 29 heavy (non-hydrogen) atoms. The average Bonchev–Trinajstić information content (AvgIpc) is 2.99. The van der Waals surface area contributed by atoms with Crippen molar-refractivity contribution in [2.24, 2.45) is 0 Å². The SMILES string of the molecule is Cc1nc(Nc2cc([N+](=O)[O-])ccc2Br)c2c(-c3ccc(F)cc3)c(C)sc2n1. The highest BCUT2D eigenvalue weighted by Crippen LogP contribution is 2.42. The molecule has 0 radical (unpaired) electrons. The fourth-order valence-corrected chi connectivity index (χ4v) is 4.56. The topological polar surface area (TPSA) is 81.0 Å². The molecule has 0 aliphatic rings. The Bertz CT molecular complexity index is 1260. The van der Waals surface area contributed by atoms with Crippen molar-refractivity contribution in [3.05, 3.63) is 73.6 Å². The van der Waals surface area contributed by atoms with E-state index in [2.05, 4.69) is 31.2 Å². The van der Waals surface area contributed by atoms with Gasteiger partial charge in [-0.1, -0.05) is 12.1 Å². The summed E-state index contributed by atoms with van der Waals surface area (Å²) >= 11 is 4.95. The molecule has 4 rings (SSSR count). The predicted octanol–water partition coefficient (Wildman–Crippen LogP) is 6.53. The molecule has 0 saturated carbocycles. The van der Waals surface area contributed by atoms with Gasteiger partial charge in [0.25, 0.3) is 5.69 Å². The number of hydrogen-bond donors (Lipinski definition) is 1. The van der Waals surface area contributed by atoms with E-state index in [1.54, 1.807) is 25.1 Å². The second-order valence-electron chi connectivity index (χ2n) is 6.39. The van der Waals surface area contributed by atoms with Gasteiger partial charge >= 0.3 is 0 Å². The largest absolute Gasteiger partial charge is 0.338 e. The smallest absolute Gasteiger partial charge is 0.271 e. The third kappa shape index (κ3) is 3.70. The van der Waals surface area contributed by atoms with E-state index in [4.69, 9.17) is 0 Å². The Morgan fingerprint density at radius 1 is 1.14 bits per heavy atom. The van der Waals surface area contributed by atoms with E-state index in [1.165, 1.54) is 35.6 Å². The molecular formula is C20H14BrFN4O2S. The van der Waals surface area contributed by atoms with Gasteiger partial charge in [-0.15, -0.1) is 11.3 Å². The highest BCUT2D eigenvalue weighted by atomic mass is 79.9. The predicted molar refractivity (Wildman–Crippen MR) is 116 cm³/mol. The minimum absolute atomic E-state index is 0.0296. The molecule has 1 N–H and O–H groups in total. The number of nitro groups is 1. The van der Waals surface area contributed by atoms with Crippen LogP contribution in [0, 0.1) is 29.8 Å². The molecule has 4 aromatic rings. The van der Waals surface area contributed by atoms with E-state index < -0.39 is 4.92 Å². The number of fused-ring (bicyclic) bond motifs is 1. The van der Waals surface area contributed by atoms with Crippen molar-refractivity contribution in [1.29, 1.82) is 0 Å². The highest BCUT2D eigenvalue weighted by molar-refractivity contribution is 9.10. The Morgan fingerprint density at radius 3 is 2.55 bits per heavy atom. The lowest BCUT2D eigenvalue weighted by Gasteiger charge is -2.11. The van der Waals surface area contributed by atoms with Crippen molar-refractivity contribution in [2.45, 2.75) is 13.8 Å². The lowest BCUT2D eigenvalue weighted by molar-refractivity contribution is -0.384. The summed E-state index contributed by atoms with van der Waals surface area (Å²) in [6.45, 7) is 3.77. The van der Waals surface area contributed by atoms with Crippen LogP contribution < -0.4 is 5.32 Å². The molecule has 0 bridgehead atoms. The van der Waals surface area contributed by atoms with Gasteiger partial charge in [-0.25, -0.2) is 14.4 Å². The summed E-state index contributed by atoms with van der Waals surface area (Å²) in [6, 6.07) is 10.8. The number of anilines is 2. The summed E-state index contributed by atoms with van der Waals surface area (Å²) in [6.07, 6.45) is 0. The van der Waals surface area contributed by atoms with Crippen LogP contribution in [0.3, 0.4) is 0 Å². The Kier molecular flexibility index (Phi) is 5.01. The molecule has 0 aliphatic heterocycles. The first kappa shape index (κ1) is 19.4. The van der Waals surface area contributed by atoms with Crippen LogP contribution >= 0.6 is 27.3 Å². The number of nitrogens with one attached hydrogen (secondary N) is 1. The van der Waals surface area contributed by atoms with E-state index in [0.29, 0.717) is 21.8 Å². The Hall–Kier alpha value is -2.91. The summed E-state index contributed by atoms with van der Waals surface area (Å²) in [4.78, 5) is 21.6. The molecule has 9 heteroatoms. The first-order chi connectivity index (χ1) is 13.8. The Labute approximate surface area is 177 Å². The number of rotatable bonds is 4. The molecule has 2 aromatic carbocycles. The van der Waals surface area contributed by atoms with Crippen LogP contribution in [0.2, 0.25) is 0 Å². The summed E-state index contributed by atoms with van der Waals surface area (Å²) in [5.74, 6) is 0.808. The van der Waals surface area contributed by atoms with Crippen LogP contribution in [-0.4, -0.2) is 14.9 Å². The van der Waals surface area contributed by atoms with Gasteiger partial charge in [0, 0.05) is 27.0 Å². The molecular weight excluding hydrogens is 459 g/mol. The van der Waals surface area contributed by atoms with Crippen molar-refractivity contribution in [2.75, 3.05) is 5.32 Å². The van der Waals surface area contributed by atoms with E-state index in [9.17, 15) is 14.5 Å². The third-order valence-corrected chi connectivity index (χ3v) is 6.08. The molecule has 2 aromatic heterocycles. The Balaban J connectivity index is 1.92. The number of benzene rings is 2. The summed E-state index contributed by atoms with van der Waals surface area (Å²) in [7, 11) is 0. The van der Waals surface area contributed by atoms with Crippen molar-refractivity contribution in [3.63, 3.8) is 0 Å². The van der Waals surface area contributed by atoms with Crippen molar-refractivity contribution in [1.82, 2.24) is 9.97 Å².